The first-order chi connectivity index (χ1) is 11.3. The van der Waals surface area contributed by atoms with Gasteiger partial charge < -0.3 is 0 Å². The third kappa shape index (κ3) is 4.54. The van der Waals surface area contributed by atoms with Crippen LogP contribution in [0.5, 0.6) is 0 Å². The largest absolute Gasteiger partial charge is 0.271 e. The molecule has 0 saturated heterocycles. The van der Waals surface area contributed by atoms with Crippen LogP contribution in [0.25, 0.3) is 0 Å². The van der Waals surface area contributed by atoms with E-state index in [0.717, 1.165) is 17.7 Å². The molecule has 0 spiro atoms. The molecule has 2 aromatic rings. The molecule has 24 heavy (non-hydrogen) atoms. The second-order valence-corrected chi connectivity index (χ2v) is 7.05. The predicted octanol–water partition coefficient (Wildman–Crippen LogP) is 4.84. The number of aryl methyl sites for hydroxylation is 1. The summed E-state index contributed by atoms with van der Waals surface area (Å²) in [5.41, 5.74) is 7.68. The van der Waals surface area contributed by atoms with E-state index in [9.17, 15) is 4.79 Å². The van der Waals surface area contributed by atoms with Crippen molar-refractivity contribution in [3.8, 4) is 0 Å². The van der Waals surface area contributed by atoms with E-state index in [2.05, 4.69) is 38.2 Å². The van der Waals surface area contributed by atoms with Gasteiger partial charge in [0, 0.05) is 5.56 Å². The maximum Gasteiger partial charge on any atom is 0.271 e. The van der Waals surface area contributed by atoms with Crippen molar-refractivity contribution in [1.29, 1.82) is 0 Å². The van der Waals surface area contributed by atoms with Crippen LogP contribution in [-0.4, -0.2) is 11.6 Å². The van der Waals surface area contributed by atoms with Crippen molar-refractivity contribution < 1.29 is 4.79 Å². The highest BCUT2D eigenvalue weighted by Crippen LogP contribution is 2.22. The van der Waals surface area contributed by atoms with Crippen LogP contribution in [-0.2, 0) is 5.41 Å². The molecular formula is C21H26N2O. The molecule has 0 bridgehead atoms. The van der Waals surface area contributed by atoms with Gasteiger partial charge in [0.15, 0.2) is 0 Å². The normalized spacial score (nSPS) is 12.1. The molecule has 3 heteroatoms. The van der Waals surface area contributed by atoms with Crippen LogP contribution < -0.4 is 5.43 Å². The van der Waals surface area contributed by atoms with E-state index in [0.29, 0.717) is 5.56 Å². The molecule has 3 nitrogen and oxygen atoms in total. The number of carbonyl (C=O) groups is 1. The molecule has 0 aliphatic rings. The van der Waals surface area contributed by atoms with Crippen LogP contribution in [0.15, 0.2) is 53.6 Å². The van der Waals surface area contributed by atoms with Gasteiger partial charge in [0.25, 0.3) is 5.91 Å². The molecule has 0 saturated carbocycles. The first-order valence-electron chi connectivity index (χ1n) is 8.35. The molecule has 0 aromatic heterocycles. The maximum atomic E-state index is 12.3. The number of rotatable bonds is 4. The Morgan fingerprint density at radius 1 is 0.958 bits per heavy atom. The number of hydrazone groups is 1. The number of amides is 1. The highest BCUT2D eigenvalue weighted by molar-refractivity contribution is 6.02. The van der Waals surface area contributed by atoms with Crippen molar-refractivity contribution in [2.45, 2.75) is 46.5 Å². The van der Waals surface area contributed by atoms with E-state index >= 15 is 0 Å². The van der Waals surface area contributed by atoms with Crippen LogP contribution >= 0.6 is 0 Å². The Labute approximate surface area is 144 Å². The molecule has 126 valence electrons. The average molecular weight is 322 g/mol. The molecule has 1 N–H and O–H groups in total. The van der Waals surface area contributed by atoms with E-state index in [-0.39, 0.29) is 11.3 Å². The fraction of sp³-hybridized carbons (Fsp3) is 0.333. The molecule has 0 unspecified atom stereocenters. The maximum absolute atomic E-state index is 12.3. The first kappa shape index (κ1) is 17.9. The zero-order chi connectivity index (χ0) is 17.7. The van der Waals surface area contributed by atoms with Crippen LogP contribution in [0.2, 0.25) is 0 Å². The lowest BCUT2D eigenvalue weighted by molar-refractivity contribution is 0.0954. The summed E-state index contributed by atoms with van der Waals surface area (Å²) in [6.45, 7) is 10.5. The van der Waals surface area contributed by atoms with Gasteiger partial charge in [0.05, 0.1) is 5.71 Å². The molecule has 2 rings (SSSR count). The Morgan fingerprint density at radius 2 is 1.50 bits per heavy atom. The van der Waals surface area contributed by atoms with Gasteiger partial charge >= 0.3 is 0 Å². The number of nitrogens with one attached hydrogen (secondary N) is 1. The highest BCUT2D eigenvalue weighted by atomic mass is 16.2. The lowest BCUT2D eigenvalue weighted by atomic mass is 9.87. The molecule has 0 fully saturated rings. The summed E-state index contributed by atoms with van der Waals surface area (Å²) in [4.78, 5) is 12.3. The van der Waals surface area contributed by atoms with Crippen LogP contribution in [0.1, 0.15) is 61.2 Å². The van der Waals surface area contributed by atoms with Gasteiger partial charge in [0.2, 0.25) is 0 Å². The zero-order valence-electron chi connectivity index (χ0n) is 15.2. The van der Waals surface area contributed by atoms with Crippen molar-refractivity contribution in [2.24, 2.45) is 5.10 Å². The summed E-state index contributed by atoms with van der Waals surface area (Å²) in [5.74, 6) is -0.187. The quantitative estimate of drug-likeness (QED) is 0.635. The zero-order valence-corrected chi connectivity index (χ0v) is 15.2. The minimum Gasteiger partial charge on any atom is -0.267 e. The van der Waals surface area contributed by atoms with E-state index in [1.165, 1.54) is 11.1 Å². The van der Waals surface area contributed by atoms with Crippen molar-refractivity contribution in [3.05, 3.63) is 70.8 Å². The summed E-state index contributed by atoms with van der Waals surface area (Å²) in [7, 11) is 0. The number of nitrogens with zero attached hydrogens (tertiary/aromatic N) is 1. The van der Waals surface area contributed by atoms with E-state index in [4.69, 9.17) is 0 Å². The second kappa shape index (κ2) is 7.43. The average Bonchev–Trinajstić information content (AvgIpc) is 2.56. The number of carbonyl (C=O) groups excluding carboxylic acids is 1. The predicted molar refractivity (Wildman–Crippen MR) is 101 cm³/mol. The third-order valence-electron chi connectivity index (χ3n) is 4.03. The minimum atomic E-state index is -0.187. The van der Waals surface area contributed by atoms with Gasteiger partial charge in [-0.1, -0.05) is 69.7 Å². The SMILES string of the molecule is CC/C(=N/NC(=O)c1ccc(C(C)(C)C)cc1)c1ccc(C)cc1. The van der Waals surface area contributed by atoms with Gasteiger partial charge in [0.1, 0.15) is 0 Å². The molecule has 1 amide bonds. The first-order valence-corrected chi connectivity index (χ1v) is 8.35. The van der Waals surface area contributed by atoms with Crippen LogP contribution in [0.3, 0.4) is 0 Å². The number of hydrogen-bond acceptors (Lipinski definition) is 2. The van der Waals surface area contributed by atoms with Gasteiger partial charge in [-0.25, -0.2) is 5.43 Å². The summed E-state index contributed by atoms with van der Waals surface area (Å²) >= 11 is 0. The van der Waals surface area contributed by atoms with E-state index in [1.54, 1.807) is 0 Å². The van der Waals surface area contributed by atoms with Crippen molar-refractivity contribution in [1.82, 2.24) is 5.43 Å². The van der Waals surface area contributed by atoms with E-state index < -0.39 is 0 Å². The summed E-state index contributed by atoms with van der Waals surface area (Å²) < 4.78 is 0. The Bertz CT molecular complexity index is 720. The smallest absolute Gasteiger partial charge is 0.267 e. The van der Waals surface area contributed by atoms with E-state index in [1.807, 2.05) is 55.5 Å². The van der Waals surface area contributed by atoms with Gasteiger partial charge in [-0.3, -0.25) is 4.79 Å². The second-order valence-electron chi connectivity index (χ2n) is 7.05. The molecule has 0 atom stereocenters. The molecule has 0 aliphatic carbocycles. The van der Waals surface area contributed by atoms with Crippen molar-refractivity contribution in [2.75, 3.05) is 0 Å². The topological polar surface area (TPSA) is 41.5 Å². The molecule has 0 aliphatic heterocycles. The molecule has 2 aromatic carbocycles. The minimum absolute atomic E-state index is 0.0774. The van der Waals surface area contributed by atoms with Crippen molar-refractivity contribution in [3.63, 3.8) is 0 Å². The Balaban J connectivity index is 2.11. The summed E-state index contributed by atoms with van der Waals surface area (Å²) in [6.07, 6.45) is 0.756. The van der Waals surface area contributed by atoms with Gasteiger partial charge in [-0.05, 0) is 42.0 Å². The fourth-order valence-electron chi connectivity index (χ4n) is 2.40. The molecule has 0 heterocycles. The highest BCUT2D eigenvalue weighted by Gasteiger charge is 2.14. The molecule has 0 radical (unpaired) electrons. The Kier molecular flexibility index (Phi) is 5.55. The molecular weight excluding hydrogens is 296 g/mol. The van der Waals surface area contributed by atoms with Gasteiger partial charge in [-0.2, -0.15) is 5.10 Å². The van der Waals surface area contributed by atoms with Crippen LogP contribution in [0, 0.1) is 6.92 Å². The fourth-order valence-corrected chi connectivity index (χ4v) is 2.40. The lowest BCUT2D eigenvalue weighted by Crippen LogP contribution is -2.20. The number of hydrogen-bond donors (Lipinski definition) is 1. The Hall–Kier alpha value is -2.42. The number of benzene rings is 2. The summed E-state index contributed by atoms with van der Waals surface area (Å²) in [6, 6.07) is 15.9. The van der Waals surface area contributed by atoms with Crippen molar-refractivity contribution >= 4 is 11.6 Å². The third-order valence-corrected chi connectivity index (χ3v) is 4.03. The van der Waals surface area contributed by atoms with Gasteiger partial charge in [-0.15, -0.1) is 0 Å². The van der Waals surface area contributed by atoms with Crippen LogP contribution in [0.4, 0.5) is 0 Å². The summed E-state index contributed by atoms with van der Waals surface area (Å²) in [5, 5.41) is 4.31. The standard InChI is InChI=1S/C21H26N2O/c1-6-19(16-9-7-15(2)8-10-16)22-23-20(24)17-11-13-18(14-12-17)21(3,4)5/h7-14H,6H2,1-5H3,(H,23,24)/b22-19-. The Morgan fingerprint density at radius 3 is 2.00 bits per heavy atom. The monoisotopic (exact) mass is 322 g/mol. The lowest BCUT2D eigenvalue weighted by Gasteiger charge is -2.18.